The summed E-state index contributed by atoms with van der Waals surface area (Å²) >= 11 is 0. The van der Waals surface area contributed by atoms with Crippen LogP contribution in [0.5, 0.6) is 5.75 Å². The van der Waals surface area contributed by atoms with E-state index < -0.39 is 22.0 Å². The molecule has 2 amide bonds. The zero-order valence-corrected chi connectivity index (χ0v) is 24.5. The number of methoxy groups -OCH3 is 1. The number of H-pyrrole nitrogens is 1. The van der Waals surface area contributed by atoms with Crippen LogP contribution in [-0.4, -0.2) is 61.2 Å². The molecular formula is C31H30FN5O5S. The van der Waals surface area contributed by atoms with Crippen molar-refractivity contribution >= 4 is 49.9 Å². The number of aromatic nitrogens is 2. The Morgan fingerprint density at radius 1 is 1.05 bits per heavy atom. The van der Waals surface area contributed by atoms with Crippen molar-refractivity contribution in [2.75, 3.05) is 27.7 Å². The van der Waals surface area contributed by atoms with Crippen molar-refractivity contribution in [1.29, 1.82) is 0 Å². The highest BCUT2D eigenvalue weighted by Gasteiger charge is 2.22. The Bertz CT molecular complexity index is 1980. The van der Waals surface area contributed by atoms with Gasteiger partial charge in [-0.3, -0.25) is 9.59 Å². The predicted molar refractivity (Wildman–Crippen MR) is 163 cm³/mol. The van der Waals surface area contributed by atoms with Crippen LogP contribution >= 0.6 is 0 Å². The molecule has 12 heteroatoms. The summed E-state index contributed by atoms with van der Waals surface area (Å²) in [5.41, 5.74) is 2.47. The molecule has 3 aromatic carbocycles. The Hall–Kier alpha value is -4.94. The third kappa shape index (κ3) is 6.01. The van der Waals surface area contributed by atoms with E-state index in [2.05, 4.69) is 15.6 Å². The summed E-state index contributed by atoms with van der Waals surface area (Å²) in [6.07, 6.45) is 5.05. The Kier molecular flexibility index (Phi) is 8.33. The summed E-state index contributed by atoms with van der Waals surface area (Å²) in [6, 6.07) is 17.9. The molecule has 10 nitrogen and oxygen atoms in total. The summed E-state index contributed by atoms with van der Waals surface area (Å²) in [6.45, 7) is 0.210. The van der Waals surface area contributed by atoms with Crippen LogP contribution in [0.2, 0.25) is 0 Å². The highest BCUT2D eigenvalue weighted by atomic mass is 32.2. The monoisotopic (exact) mass is 603 g/mol. The minimum absolute atomic E-state index is 0.0953. The molecule has 2 aromatic heterocycles. The van der Waals surface area contributed by atoms with Crippen LogP contribution in [-0.2, 0) is 21.4 Å². The van der Waals surface area contributed by atoms with Crippen molar-refractivity contribution in [2.45, 2.75) is 6.42 Å². The van der Waals surface area contributed by atoms with Gasteiger partial charge in [-0.05, 0) is 54.5 Å². The second-order valence-electron chi connectivity index (χ2n) is 9.91. The van der Waals surface area contributed by atoms with E-state index in [0.29, 0.717) is 34.2 Å². The van der Waals surface area contributed by atoms with E-state index in [9.17, 15) is 22.4 Å². The first-order valence-corrected chi connectivity index (χ1v) is 14.7. The van der Waals surface area contributed by atoms with Gasteiger partial charge in [0.2, 0.25) is 0 Å². The molecule has 5 rings (SSSR count). The Morgan fingerprint density at radius 3 is 2.56 bits per heavy atom. The van der Waals surface area contributed by atoms with Crippen LogP contribution in [0.25, 0.3) is 27.9 Å². The second kappa shape index (κ2) is 12.1. The lowest BCUT2D eigenvalue weighted by Gasteiger charge is -2.13. The smallest absolute Gasteiger partial charge is 0.307 e. The van der Waals surface area contributed by atoms with Crippen molar-refractivity contribution in [3.63, 3.8) is 0 Å². The lowest BCUT2D eigenvalue weighted by molar-refractivity contribution is -0.117. The first kappa shape index (κ1) is 29.5. The average molecular weight is 604 g/mol. The molecule has 0 aliphatic heterocycles. The van der Waals surface area contributed by atoms with Gasteiger partial charge < -0.3 is 20.4 Å². The molecule has 0 saturated heterocycles. The number of carbonyl (C=O) groups is 2. The number of halogens is 1. The fourth-order valence-electron chi connectivity index (χ4n) is 4.76. The van der Waals surface area contributed by atoms with E-state index in [0.717, 1.165) is 19.2 Å². The Balaban J connectivity index is 1.49. The second-order valence-corrected chi connectivity index (χ2v) is 11.9. The van der Waals surface area contributed by atoms with Gasteiger partial charge in [-0.15, -0.1) is 0 Å². The highest BCUT2D eigenvalue weighted by molar-refractivity contribution is 7.87. The summed E-state index contributed by atoms with van der Waals surface area (Å²) in [7, 11) is 0.409. The van der Waals surface area contributed by atoms with E-state index >= 15 is 0 Å². The van der Waals surface area contributed by atoms with Gasteiger partial charge in [0.25, 0.3) is 11.8 Å². The molecule has 2 heterocycles. The summed E-state index contributed by atoms with van der Waals surface area (Å²) in [4.78, 5) is 29.9. The largest absolute Gasteiger partial charge is 0.496 e. The summed E-state index contributed by atoms with van der Waals surface area (Å²) in [5, 5.41) is 6.92. The molecule has 43 heavy (non-hydrogen) atoms. The first-order valence-electron chi connectivity index (χ1n) is 13.3. The maximum Gasteiger partial charge on any atom is 0.307 e. The van der Waals surface area contributed by atoms with Gasteiger partial charge in [-0.1, -0.05) is 30.3 Å². The summed E-state index contributed by atoms with van der Waals surface area (Å²) in [5.74, 6) is -1.19. The number of nitrogens with zero attached hydrogens (tertiary/aromatic N) is 2. The van der Waals surface area contributed by atoms with Gasteiger partial charge in [-0.2, -0.15) is 12.7 Å². The van der Waals surface area contributed by atoms with E-state index in [1.54, 1.807) is 60.8 Å². The number of nitrogens with one attached hydrogen (secondary N) is 3. The van der Waals surface area contributed by atoms with Gasteiger partial charge >= 0.3 is 10.2 Å². The van der Waals surface area contributed by atoms with E-state index in [1.807, 2.05) is 0 Å². The Labute approximate surface area is 247 Å². The molecule has 0 spiro atoms. The fourth-order valence-corrected chi connectivity index (χ4v) is 5.77. The highest BCUT2D eigenvalue weighted by Crippen LogP contribution is 2.26. The molecule has 222 valence electrons. The molecule has 3 N–H and O–H groups in total. The molecular weight excluding hydrogens is 573 g/mol. The van der Waals surface area contributed by atoms with Crippen molar-refractivity contribution in [3.8, 4) is 5.75 Å². The van der Waals surface area contributed by atoms with Crippen molar-refractivity contribution in [2.24, 2.45) is 0 Å². The molecule has 0 fully saturated rings. The van der Waals surface area contributed by atoms with Crippen molar-refractivity contribution < 1.29 is 27.1 Å². The quantitative estimate of drug-likeness (QED) is 0.208. The number of benzene rings is 3. The Morgan fingerprint density at radius 2 is 1.79 bits per heavy atom. The van der Waals surface area contributed by atoms with Crippen LogP contribution < -0.4 is 15.4 Å². The van der Waals surface area contributed by atoms with Crippen LogP contribution in [0, 0.1) is 5.82 Å². The topological polar surface area (TPSA) is 126 Å². The molecule has 0 saturated carbocycles. The molecule has 0 aliphatic carbocycles. The number of fused-ring (bicyclic) bond motifs is 2. The van der Waals surface area contributed by atoms with Crippen LogP contribution in [0.1, 0.15) is 21.5 Å². The normalized spacial score (nSPS) is 12.2. The number of carbonyl (C=O) groups excluding carboxylic acids is 2. The standard InChI is InChI=1S/C31H30FN5O5S/c1-36(2)43(40,41)37-19-21(24-8-4-6-10-28(24)37)16-27(35-30(38)25-9-5-7-11-29(25)42-3)31(39)33-15-14-20-18-34-26-17-22(32)12-13-23(20)26/h4-13,16-19,34H,14-15H2,1-3H3,(H,33,39)(H,35,38)/b27-16-. The van der Waals surface area contributed by atoms with Gasteiger partial charge in [0.05, 0.1) is 18.2 Å². The van der Waals surface area contributed by atoms with Crippen LogP contribution in [0.15, 0.2) is 84.8 Å². The number of hydrogen-bond acceptors (Lipinski definition) is 5. The zero-order valence-electron chi connectivity index (χ0n) is 23.7. The average Bonchev–Trinajstić information content (AvgIpc) is 3.57. The molecule has 0 unspecified atom stereocenters. The van der Waals surface area contributed by atoms with Crippen molar-refractivity contribution in [3.05, 3.63) is 107 Å². The van der Waals surface area contributed by atoms with Crippen LogP contribution in [0.3, 0.4) is 0 Å². The lowest BCUT2D eigenvalue weighted by Crippen LogP contribution is -2.35. The van der Waals surface area contributed by atoms with E-state index in [1.165, 1.54) is 45.6 Å². The third-order valence-corrected chi connectivity index (χ3v) is 8.69. The number of ether oxygens (including phenoxy) is 1. The fraction of sp³-hybridized carbons (Fsp3) is 0.161. The third-order valence-electron chi connectivity index (χ3n) is 6.97. The molecule has 0 aliphatic rings. The minimum atomic E-state index is -3.88. The van der Waals surface area contributed by atoms with Crippen LogP contribution in [0.4, 0.5) is 4.39 Å². The SMILES string of the molecule is COc1ccccc1C(=O)N/C(=C\c1cn(S(=O)(=O)N(C)C)c2ccccc12)C(=O)NCCc1c[nH]c2cc(F)ccc12. The lowest BCUT2D eigenvalue weighted by atomic mass is 10.1. The zero-order chi connectivity index (χ0) is 30.7. The number of aromatic amines is 1. The van der Waals surface area contributed by atoms with E-state index in [-0.39, 0.29) is 23.6 Å². The minimum Gasteiger partial charge on any atom is -0.496 e. The molecule has 0 radical (unpaired) electrons. The molecule has 5 aromatic rings. The molecule has 0 bridgehead atoms. The maximum absolute atomic E-state index is 13.6. The van der Waals surface area contributed by atoms with Gasteiger partial charge in [0.1, 0.15) is 17.3 Å². The first-order chi connectivity index (χ1) is 20.6. The van der Waals surface area contributed by atoms with E-state index in [4.69, 9.17) is 4.74 Å². The predicted octanol–water partition coefficient (Wildman–Crippen LogP) is 4.05. The van der Waals surface area contributed by atoms with Gasteiger partial charge in [-0.25, -0.2) is 8.36 Å². The number of para-hydroxylation sites is 2. The van der Waals surface area contributed by atoms with Gasteiger partial charge in [0, 0.05) is 54.9 Å². The van der Waals surface area contributed by atoms with Crippen molar-refractivity contribution in [1.82, 2.24) is 23.9 Å². The number of rotatable bonds is 10. The van der Waals surface area contributed by atoms with Gasteiger partial charge in [0.15, 0.2) is 0 Å². The maximum atomic E-state index is 13.6. The number of amides is 2. The summed E-state index contributed by atoms with van der Waals surface area (Å²) < 4.78 is 47.2. The number of hydrogen-bond donors (Lipinski definition) is 3. The molecule has 0 atom stereocenters.